The van der Waals surface area contributed by atoms with E-state index >= 15 is 0 Å². The minimum absolute atomic E-state index is 0.0708. The van der Waals surface area contributed by atoms with Crippen LogP contribution in [0.3, 0.4) is 0 Å². The number of benzene rings is 1. The van der Waals surface area contributed by atoms with Crippen molar-refractivity contribution in [2.75, 3.05) is 14.1 Å². The second-order valence-corrected chi connectivity index (χ2v) is 4.75. The number of aryl methyl sites for hydroxylation is 1. The van der Waals surface area contributed by atoms with Gasteiger partial charge in [0.2, 0.25) is 0 Å². The van der Waals surface area contributed by atoms with Crippen LogP contribution in [0.5, 0.6) is 0 Å². The molecule has 0 aliphatic rings. The van der Waals surface area contributed by atoms with Crippen LogP contribution in [-0.2, 0) is 0 Å². The normalized spacial score (nSPS) is 10.5. The molecule has 0 fully saturated rings. The Bertz CT molecular complexity index is 722. The summed E-state index contributed by atoms with van der Waals surface area (Å²) in [6.07, 6.45) is 0. The molecule has 2 rings (SSSR count). The van der Waals surface area contributed by atoms with Crippen LogP contribution in [0.25, 0.3) is 5.69 Å². The molecule has 1 aromatic carbocycles. The molecule has 7 heteroatoms. The highest BCUT2D eigenvalue weighted by molar-refractivity contribution is 5.94. The van der Waals surface area contributed by atoms with Crippen molar-refractivity contribution in [3.63, 3.8) is 0 Å². The summed E-state index contributed by atoms with van der Waals surface area (Å²) < 4.78 is 15.2. The molecule has 0 radical (unpaired) electrons. The Labute approximate surface area is 120 Å². The van der Waals surface area contributed by atoms with Gasteiger partial charge in [-0.2, -0.15) is 5.10 Å². The minimum atomic E-state index is -1.16. The lowest BCUT2D eigenvalue weighted by Crippen LogP contribution is -2.23. The summed E-state index contributed by atoms with van der Waals surface area (Å²) in [6, 6.07) is 5.25. The van der Waals surface area contributed by atoms with Crippen molar-refractivity contribution < 1.29 is 19.1 Å². The summed E-state index contributed by atoms with van der Waals surface area (Å²) in [5, 5.41) is 13.1. The predicted octanol–water partition coefficient (Wildman–Crippen LogP) is 1.72. The minimum Gasteiger partial charge on any atom is -0.477 e. The van der Waals surface area contributed by atoms with Crippen LogP contribution in [0.4, 0.5) is 4.39 Å². The van der Waals surface area contributed by atoms with Gasteiger partial charge < -0.3 is 10.0 Å². The molecule has 0 aliphatic carbocycles. The molecule has 2 aromatic rings. The van der Waals surface area contributed by atoms with Crippen molar-refractivity contribution in [3.05, 3.63) is 47.0 Å². The second kappa shape index (κ2) is 5.35. The summed E-state index contributed by atoms with van der Waals surface area (Å²) >= 11 is 0. The first-order valence-corrected chi connectivity index (χ1v) is 6.13. The van der Waals surface area contributed by atoms with E-state index in [2.05, 4.69) is 5.10 Å². The van der Waals surface area contributed by atoms with E-state index in [1.165, 1.54) is 37.2 Å². The Morgan fingerprint density at radius 1 is 1.29 bits per heavy atom. The van der Waals surface area contributed by atoms with Gasteiger partial charge in [-0.15, -0.1) is 0 Å². The molecule has 0 bridgehead atoms. The van der Waals surface area contributed by atoms with Crippen molar-refractivity contribution in [3.8, 4) is 5.69 Å². The Hall–Kier alpha value is -2.70. The number of amides is 1. The lowest BCUT2D eigenvalue weighted by atomic mass is 10.1. The van der Waals surface area contributed by atoms with E-state index in [4.69, 9.17) is 5.11 Å². The highest BCUT2D eigenvalue weighted by atomic mass is 19.1. The van der Waals surface area contributed by atoms with Crippen LogP contribution in [0, 0.1) is 12.7 Å². The number of hydrogen-bond donors (Lipinski definition) is 1. The van der Waals surface area contributed by atoms with Gasteiger partial charge in [0.15, 0.2) is 5.69 Å². The van der Waals surface area contributed by atoms with E-state index in [9.17, 15) is 14.0 Å². The van der Waals surface area contributed by atoms with Crippen molar-refractivity contribution in [1.29, 1.82) is 0 Å². The Morgan fingerprint density at radius 2 is 1.95 bits per heavy atom. The van der Waals surface area contributed by atoms with Gasteiger partial charge in [0.05, 0.1) is 16.9 Å². The third kappa shape index (κ3) is 2.76. The third-order valence-electron chi connectivity index (χ3n) is 2.88. The Balaban J connectivity index is 2.50. The van der Waals surface area contributed by atoms with Gasteiger partial charge in [0.25, 0.3) is 5.91 Å². The molecule has 1 N–H and O–H groups in total. The van der Waals surface area contributed by atoms with Crippen LogP contribution in [-0.4, -0.2) is 45.8 Å². The first kappa shape index (κ1) is 14.7. The molecule has 0 atom stereocenters. The van der Waals surface area contributed by atoms with E-state index in [-0.39, 0.29) is 16.9 Å². The smallest absolute Gasteiger partial charge is 0.354 e. The number of carbonyl (C=O) groups excluding carboxylic acids is 1. The summed E-state index contributed by atoms with van der Waals surface area (Å²) in [5.74, 6) is -2.35. The number of carboxylic acids is 1. The van der Waals surface area contributed by atoms with Gasteiger partial charge in [0, 0.05) is 20.2 Å². The summed E-state index contributed by atoms with van der Waals surface area (Å²) in [5.41, 5.74) is 0.595. The maximum Gasteiger partial charge on any atom is 0.354 e. The molecule has 1 amide bonds. The van der Waals surface area contributed by atoms with Crippen molar-refractivity contribution >= 4 is 11.9 Å². The standard InChI is InChI=1S/C14H14FN3O3/c1-8-6-12(14(20)21)18(16-8)9-4-5-10(11(15)7-9)13(19)17(2)3/h4-7H,1-3H3,(H,20,21). The molecular weight excluding hydrogens is 277 g/mol. The zero-order chi connectivity index (χ0) is 15.7. The SMILES string of the molecule is Cc1cc(C(=O)O)n(-c2ccc(C(=O)N(C)C)c(F)c2)n1. The monoisotopic (exact) mass is 291 g/mol. The maximum absolute atomic E-state index is 14.1. The van der Waals surface area contributed by atoms with Gasteiger partial charge in [-0.3, -0.25) is 4.79 Å². The van der Waals surface area contributed by atoms with Gasteiger partial charge in [-0.25, -0.2) is 13.9 Å². The predicted molar refractivity (Wildman–Crippen MR) is 73.2 cm³/mol. The summed E-state index contributed by atoms with van der Waals surface area (Å²) in [4.78, 5) is 24.2. The maximum atomic E-state index is 14.1. The molecule has 0 unspecified atom stereocenters. The zero-order valence-corrected chi connectivity index (χ0v) is 11.8. The van der Waals surface area contributed by atoms with E-state index in [0.29, 0.717) is 5.69 Å². The van der Waals surface area contributed by atoms with E-state index in [0.717, 1.165) is 10.7 Å². The fourth-order valence-corrected chi connectivity index (χ4v) is 1.90. The lowest BCUT2D eigenvalue weighted by molar-refractivity contribution is 0.0686. The van der Waals surface area contributed by atoms with Gasteiger partial charge in [-0.1, -0.05) is 0 Å². The first-order chi connectivity index (χ1) is 9.81. The fourth-order valence-electron chi connectivity index (χ4n) is 1.90. The van der Waals surface area contributed by atoms with Crippen LogP contribution >= 0.6 is 0 Å². The number of carboxylic acid groups (broad SMARTS) is 1. The van der Waals surface area contributed by atoms with Crippen LogP contribution in [0.1, 0.15) is 26.5 Å². The number of halogens is 1. The quantitative estimate of drug-likeness (QED) is 0.934. The lowest BCUT2D eigenvalue weighted by Gasteiger charge is -2.12. The molecule has 1 aromatic heterocycles. The molecule has 0 saturated heterocycles. The summed E-state index contributed by atoms with van der Waals surface area (Å²) in [7, 11) is 3.05. The van der Waals surface area contributed by atoms with Crippen LogP contribution < -0.4 is 0 Å². The molecular formula is C14H14FN3O3. The van der Waals surface area contributed by atoms with Crippen molar-refractivity contribution in [2.45, 2.75) is 6.92 Å². The highest BCUT2D eigenvalue weighted by Crippen LogP contribution is 2.17. The largest absolute Gasteiger partial charge is 0.477 e. The Kier molecular flexibility index (Phi) is 3.75. The van der Waals surface area contributed by atoms with Gasteiger partial charge >= 0.3 is 5.97 Å². The van der Waals surface area contributed by atoms with E-state index < -0.39 is 17.7 Å². The zero-order valence-electron chi connectivity index (χ0n) is 11.8. The molecule has 0 saturated carbocycles. The number of nitrogens with zero attached hydrogens (tertiary/aromatic N) is 3. The molecule has 110 valence electrons. The van der Waals surface area contributed by atoms with Crippen molar-refractivity contribution in [2.24, 2.45) is 0 Å². The van der Waals surface area contributed by atoms with Gasteiger partial charge in [0.1, 0.15) is 5.82 Å². The topological polar surface area (TPSA) is 75.4 Å². The number of aromatic nitrogens is 2. The van der Waals surface area contributed by atoms with Gasteiger partial charge in [-0.05, 0) is 25.1 Å². The molecule has 1 heterocycles. The number of rotatable bonds is 3. The second-order valence-electron chi connectivity index (χ2n) is 4.75. The van der Waals surface area contributed by atoms with Crippen LogP contribution in [0.2, 0.25) is 0 Å². The first-order valence-electron chi connectivity index (χ1n) is 6.13. The average Bonchev–Trinajstić information content (AvgIpc) is 2.80. The third-order valence-corrected chi connectivity index (χ3v) is 2.88. The molecule has 0 aliphatic heterocycles. The van der Waals surface area contributed by atoms with Crippen molar-refractivity contribution in [1.82, 2.24) is 14.7 Å². The van der Waals surface area contributed by atoms with E-state index in [1.54, 1.807) is 6.92 Å². The fraction of sp³-hybridized carbons (Fsp3) is 0.214. The molecule has 6 nitrogen and oxygen atoms in total. The number of hydrogen-bond acceptors (Lipinski definition) is 3. The molecule has 0 spiro atoms. The molecule has 21 heavy (non-hydrogen) atoms. The summed E-state index contributed by atoms with van der Waals surface area (Å²) in [6.45, 7) is 1.64. The average molecular weight is 291 g/mol. The number of carbonyl (C=O) groups is 2. The highest BCUT2D eigenvalue weighted by Gasteiger charge is 2.18. The Morgan fingerprint density at radius 3 is 2.48 bits per heavy atom. The van der Waals surface area contributed by atoms with Crippen LogP contribution in [0.15, 0.2) is 24.3 Å². The number of aromatic carboxylic acids is 1. The van der Waals surface area contributed by atoms with E-state index in [1.807, 2.05) is 0 Å².